The van der Waals surface area contributed by atoms with Crippen LogP contribution < -0.4 is 0 Å². The largest absolute Gasteiger partial charge is 0.394 e. The van der Waals surface area contributed by atoms with E-state index in [9.17, 15) is 15.3 Å². The van der Waals surface area contributed by atoms with Crippen LogP contribution in [0.25, 0.3) is 0 Å². The van der Waals surface area contributed by atoms with Crippen LogP contribution in [0.5, 0.6) is 0 Å². The molecule has 0 radical (unpaired) electrons. The SMILES string of the molecule is CCCCCCCCCCC(CCCCCCCC)(CC(O)CO)C1(O)CC1C. The predicted molar refractivity (Wildman–Crippen MR) is 124 cm³/mol. The molecule has 0 aliphatic heterocycles. The van der Waals surface area contributed by atoms with Gasteiger partial charge in [-0.15, -0.1) is 0 Å². The van der Waals surface area contributed by atoms with Gasteiger partial charge in [-0.3, -0.25) is 0 Å². The van der Waals surface area contributed by atoms with Gasteiger partial charge in [-0.1, -0.05) is 111 Å². The van der Waals surface area contributed by atoms with Gasteiger partial charge in [0.1, 0.15) is 0 Å². The van der Waals surface area contributed by atoms with Gasteiger partial charge in [0.05, 0.1) is 18.3 Å². The third kappa shape index (κ3) is 9.27. The third-order valence-electron chi connectivity index (χ3n) is 7.55. The van der Waals surface area contributed by atoms with Gasteiger partial charge in [-0.25, -0.2) is 0 Å². The van der Waals surface area contributed by atoms with Crippen LogP contribution in [0, 0.1) is 11.3 Å². The van der Waals surface area contributed by atoms with E-state index < -0.39 is 11.7 Å². The molecule has 0 amide bonds. The summed E-state index contributed by atoms with van der Waals surface area (Å²) < 4.78 is 0. The molecule has 1 saturated carbocycles. The molecule has 0 heterocycles. The minimum absolute atomic E-state index is 0.194. The predicted octanol–water partition coefficient (Wildman–Crippen LogP) is 6.77. The second kappa shape index (κ2) is 14.8. The lowest BCUT2D eigenvalue weighted by Gasteiger charge is -2.41. The third-order valence-corrected chi connectivity index (χ3v) is 7.55. The highest BCUT2D eigenvalue weighted by Crippen LogP contribution is 2.61. The maximum Gasteiger partial charge on any atom is 0.0777 e. The molecule has 0 saturated heterocycles. The first-order valence-corrected chi connectivity index (χ1v) is 13.0. The molecule has 3 heteroatoms. The van der Waals surface area contributed by atoms with Crippen molar-refractivity contribution < 1.29 is 15.3 Å². The fourth-order valence-corrected chi connectivity index (χ4v) is 5.44. The highest BCUT2D eigenvalue weighted by Gasteiger charge is 2.62. The zero-order valence-electron chi connectivity index (χ0n) is 19.9. The molecule has 3 N–H and O–H groups in total. The van der Waals surface area contributed by atoms with Crippen LogP contribution >= 0.6 is 0 Å². The number of hydrogen-bond acceptors (Lipinski definition) is 3. The Kier molecular flexibility index (Phi) is 13.7. The Morgan fingerprint density at radius 1 is 0.793 bits per heavy atom. The lowest BCUT2D eigenvalue weighted by atomic mass is 9.67. The van der Waals surface area contributed by atoms with Gasteiger partial charge in [0.2, 0.25) is 0 Å². The van der Waals surface area contributed by atoms with Crippen molar-refractivity contribution in [3.8, 4) is 0 Å². The van der Waals surface area contributed by atoms with Gasteiger partial charge in [0.15, 0.2) is 0 Å². The van der Waals surface area contributed by atoms with Crippen LogP contribution in [-0.2, 0) is 0 Å². The van der Waals surface area contributed by atoms with E-state index in [0.717, 1.165) is 32.1 Å². The quantitative estimate of drug-likeness (QED) is 0.193. The summed E-state index contributed by atoms with van der Waals surface area (Å²) in [4.78, 5) is 0. The first kappa shape index (κ1) is 26.9. The summed E-state index contributed by atoms with van der Waals surface area (Å²) in [5.74, 6) is 0.322. The molecule has 4 atom stereocenters. The van der Waals surface area contributed by atoms with E-state index in [2.05, 4.69) is 20.8 Å². The summed E-state index contributed by atoms with van der Waals surface area (Å²) in [6, 6.07) is 0. The molecular weight excluding hydrogens is 360 g/mol. The van der Waals surface area contributed by atoms with Crippen LogP contribution in [0.3, 0.4) is 0 Å². The molecule has 1 aliphatic rings. The summed E-state index contributed by atoms with van der Waals surface area (Å²) in [5.41, 5.74) is -0.852. The van der Waals surface area contributed by atoms with Crippen molar-refractivity contribution in [1.29, 1.82) is 0 Å². The van der Waals surface area contributed by atoms with E-state index in [1.807, 2.05) is 0 Å². The van der Waals surface area contributed by atoms with Crippen LogP contribution in [0.4, 0.5) is 0 Å². The summed E-state index contributed by atoms with van der Waals surface area (Å²) in [5, 5.41) is 31.2. The van der Waals surface area contributed by atoms with Crippen molar-refractivity contribution in [1.82, 2.24) is 0 Å². The Morgan fingerprint density at radius 3 is 1.52 bits per heavy atom. The van der Waals surface area contributed by atoms with Crippen molar-refractivity contribution >= 4 is 0 Å². The fourth-order valence-electron chi connectivity index (χ4n) is 5.44. The number of hydrogen-bond donors (Lipinski definition) is 3. The molecule has 1 aliphatic carbocycles. The molecule has 0 bridgehead atoms. The van der Waals surface area contributed by atoms with Gasteiger partial charge < -0.3 is 15.3 Å². The van der Waals surface area contributed by atoms with E-state index in [-0.39, 0.29) is 12.0 Å². The van der Waals surface area contributed by atoms with Gasteiger partial charge in [0.25, 0.3) is 0 Å². The summed E-state index contributed by atoms with van der Waals surface area (Å²) >= 11 is 0. The molecule has 1 rings (SSSR count). The average Bonchev–Trinajstić information content (AvgIpc) is 3.34. The Hall–Kier alpha value is -0.120. The van der Waals surface area contributed by atoms with E-state index in [1.165, 1.54) is 77.0 Å². The molecular formula is C26H52O3. The van der Waals surface area contributed by atoms with Crippen molar-refractivity contribution in [2.24, 2.45) is 11.3 Å². The van der Waals surface area contributed by atoms with Gasteiger partial charge in [0, 0.05) is 5.41 Å². The standard InChI is InChI=1S/C26H52O3/c1-4-6-8-10-12-13-15-17-19-25(21-24(28)22-27,26(29)20-23(26)3)18-16-14-11-9-7-5-2/h23-24,27-29H,4-22H2,1-3H3. The summed E-state index contributed by atoms with van der Waals surface area (Å²) in [6.45, 7) is 6.46. The lowest BCUT2D eigenvalue weighted by Crippen LogP contribution is -2.42. The molecule has 0 aromatic rings. The highest BCUT2D eigenvalue weighted by molar-refractivity contribution is 5.13. The Balaban J connectivity index is 2.57. The van der Waals surface area contributed by atoms with Gasteiger partial charge in [-0.2, -0.15) is 0 Å². The fraction of sp³-hybridized carbons (Fsp3) is 1.00. The first-order valence-electron chi connectivity index (χ1n) is 13.0. The van der Waals surface area contributed by atoms with Crippen LogP contribution in [0.15, 0.2) is 0 Å². The Labute approximate surface area is 181 Å². The first-order chi connectivity index (χ1) is 14.0. The molecule has 29 heavy (non-hydrogen) atoms. The Morgan fingerprint density at radius 2 is 1.17 bits per heavy atom. The lowest BCUT2D eigenvalue weighted by molar-refractivity contribution is -0.0654. The van der Waals surface area contributed by atoms with Crippen LogP contribution in [-0.4, -0.2) is 33.6 Å². The number of unbranched alkanes of at least 4 members (excludes halogenated alkanes) is 12. The molecule has 3 nitrogen and oxygen atoms in total. The normalized spacial score (nSPS) is 24.4. The van der Waals surface area contributed by atoms with Crippen LogP contribution in [0.2, 0.25) is 0 Å². The maximum atomic E-state index is 11.4. The zero-order chi connectivity index (χ0) is 21.6. The minimum Gasteiger partial charge on any atom is -0.394 e. The van der Waals surface area contributed by atoms with E-state index >= 15 is 0 Å². The number of rotatable bonds is 20. The molecule has 0 aromatic heterocycles. The van der Waals surface area contributed by atoms with Crippen molar-refractivity contribution in [3.05, 3.63) is 0 Å². The molecule has 0 spiro atoms. The van der Waals surface area contributed by atoms with E-state index in [1.54, 1.807) is 0 Å². The number of aliphatic hydroxyl groups excluding tert-OH is 2. The van der Waals surface area contributed by atoms with Crippen molar-refractivity contribution in [2.45, 2.75) is 148 Å². The molecule has 1 fully saturated rings. The maximum absolute atomic E-state index is 11.4. The highest BCUT2D eigenvalue weighted by atomic mass is 16.3. The summed E-state index contributed by atoms with van der Waals surface area (Å²) in [6.07, 6.45) is 20.5. The molecule has 4 unspecified atom stereocenters. The molecule has 0 aromatic carbocycles. The summed E-state index contributed by atoms with van der Waals surface area (Å²) in [7, 11) is 0. The van der Waals surface area contributed by atoms with Crippen molar-refractivity contribution in [2.75, 3.05) is 6.61 Å². The smallest absolute Gasteiger partial charge is 0.0777 e. The van der Waals surface area contributed by atoms with Gasteiger partial charge in [-0.05, 0) is 31.6 Å². The minimum atomic E-state index is -0.707. The second-order valence-corrected chi connectivity index (χ2v) is 10.1. The zero-order valence-corrected chi connectivity index (χ0v) is 19.9. The van der Waals surface area contributed by atoms with E-state index in [4.69, 9.17) is 0 Å². The topological polar surface area (TPSA) is 60.7 Å². The van der Waals surface area contributed by atoms with Crippen molar-refractivity contribution in [3.63, 3.8) is 0 Å². The van der Waals surface area contributed by atoms with Crippen LogP contribution in [0.1, 0.15) is 136 Å². The van der Waals surface area contributed by atoms with Gasteiger partial charge >= 0.3 is 0 Å². The van der Waals surface area contributed by atoms with E-state index in [0.29, 0.717) is 12.3 Å². The molecule has 174 valence electrons. The average molecular weight is 413 g/mol. The number of aliphatic hydroxyl groups is 3. The monoisotopic (exact) mass is 412 g/mol. The second-order valence-electron chi connectivity index (χ2n) is 10.1. The Bertz CT molecular complexity index is 399.